The van der Waals surface area contributed by atoms with Gasteiger partial charge in [-0.05, 0) is 13.8 Å². The van der Waals surface area contributed by atoms with Gasteiger partial charge in [0.05, 0.1) is 24.1 Å². The SMILES string of the molecule is Cc1nc(Cl)c(NCC(O)CO)nc1C. The molecule has 1 unspecified atom stereocenters. The molecule has 6 heteroatoms. The van der Waals surface area contributed by atoms with E-state index in [4.69, 9.17) is 21.8 Å². The second kappa shape index (κ2) is 5.25. The third-order valence-corrected chi connectivity index (χ3v) is 2.24. The molecular weight excluding hydrogens is 218 g/mol. The third-order valence-electron chi connectivity index (χ3n) is 1.98. The molecule has 0 amide bonds. The van der Waals surface area contributed by atoms with Gasteiger partial charge in [-0.3, -0.25) is 0 Å². The quantitative estimate of drug-likeness (QED) is 0.704. The number of aryl methyl sites for hydroxylation is 2. The summed E-state index contributed by atoms with van der Waals surface area (Å²) >= 11 is 5.85. The van der Waals surface area contributed by atoms with E-state index in [0.29, 0.717) is 5.82 Å². The number of hydrogen-bond acceptors (Lipinski definition) is 5. The van der Waals surface area contributed by atoms with Crippen molar-refractivity contribution < 1.29 is 10.2 Å². The Morgan fingerprint density at radius 2 is 1.93 bits per heavy atom. The summed E-state index contributed by atoms with van der Waals surface area (Å²) in [6.45, 7) is 3.53. The van der Waals surface area contributed by atoms with E-state index in [0.717, 1.165) is 11.4 Å². The van der Waals surface area contributed by atoms with Crippen LogP contribution < -0.4 is 5.32 Å². The van der Waals surface area contributed by atoms with E-state index in [2.05, 4.69) is 15.3 Å². The van der Waals surface area contributed by atoms with Crippen molar-refractivity contribution in [1.29, 1.82) is 0 Å². The second-order valence-electron chi connectivity index (χ2n) is 3.25. The number of nitrogens with one attached hydrogen (secondary N) is 1. The summed E-state index contributed by atoms with van der Waals surface area (Å²) in [5, 5.41) is 20.8. The van der Waals surface area contributed by atoms with Gasteiger partial charge in [0, 0.05) is 6.54 Å². The van der Waals surface area contributed by atoms with Crippen LogP contribution in [0.15, 0.2) is 0 Å². The Hall–Kier alpha value is -0.910. The summed E-state index contributed by atoms with van der Waals surface area (Å²) in [5.74, 6) is 0.423. The van der Waals surface area contributed by atoms with E-state index in [9.17, 15) is 0 Å². The molecule has 0 aliphatic carbocycles. The highest BCUT2D eigenvalue weighted by molar-refractivity contribution is 6.31. The first kappa shape index (κ1) is 12.2. The molecule has 1 atom stereocenters. The average Bonchev–Trinajstić information content (AvgIpc) is 2.21. The molecule has 0 aliphatic heterocycles. The molecule has 1 rings (SSSR count). The van der Waals surface area contributed by atoms with Gasteiger partial charge in [-0.1, -0.05) is 11.6 Å². The van der Waals surface area contributed by atoms with Crippen LogP contribution in [0.1, 0.15) is 11.4 Å². The molecule has 1 aromatic heterocycles. The largest absolute Gasteiger partial charge is 0.394 e. The number of hydrogen-bond donors (Lipinski definition) is 3. The molecular formula is C9H14ClN3O2. The van der Waals surface area contributed by atoms with Crippen LogP contribution in [0, 0.1) is 13.8 Å². The van der Waals surface area contributed by atoms with Crippen molar-refractivity contribution in [1.82, 2.24) is 9.97 Å². The highest BCUT2D eigenvalue weighted by Crippen LogP contribution is 2.17. The molecule has 1 aromatic rings. The fourth-order valence-corrected chi connectivity index (χ4v) is 1.20. The Morgan fingerprint density at radius 1 is 1.33 bits per heavy atom. The summed E-state index contributed by atoms with van der Waals surface area (Å²) < 4.78 is 0. The van der Waals surface area contributed by atoms with Crippen molar-refractivity contribution in [2.75, 3.05) is 18.5 Å². The molecule has 0 saturated carbocycles. The van der Waals surface area contributed by atoms with Crippen LogP contribution in [-0.2, 0) is 0 Å². The molecule has 1 heterocycles. The second-order valence-corrected chi connectivity index (χ2v) is 3.61. The molecule has 0 saturated heterocycles. The maximum atomic E-state index is 9.13. The first-order valence-electron chi connectivity index (χ1n) is 4.58. The monoisotopic (exact) mass is 231 g/mol. The lowest BCUT2D eigenvalue weighted by Gasteiger charge is -2.11. The van der Waals surface area contributed by atoms with Gasteiger partial charge >= 0.3 is 0 Å². The third kappa shape index (κ3) is 3.30. The van der Waals surface area contributed by atoms with Crippen LogP contribution >= 0.6 is 11.6 Å². The number of aliphatic hydroxyl groups excluding tert-OH is 2. The molecule has 0 aromatic carbocycles. The van der Waals surface area contributed by atoms with Crippen LogP contribution in [0.4, 0.5) is 5.82 Å². The van der Waals surface area contributed by atoms with Crippen molar-refractivity contribution in [3.63, 3.8) is 0 Å². The Morgan fingerprint density at radius 3 is 2.53 bits per heavy atom. The Kier molecular flexibility index (Phi) is 4.26. The molecule has 84 valence electrons. The normalized spacial score (nSPS) is 12.6. The summed E-state index contributed by atoms with van der Waals surface area (Å²) in [4.78, 5) is 8.25. The van der Waals surface area contributed by atoms with Gasteiger partial charge in [0.1, 0.15) is 0 Å². The van der Waals surface area contributed by atoms with E-state index in [1.54, 1.807) is 0 Å². The number of rotatable bonds is 4. The lowest BCUT2D eigenvalue weighted by molar-refractivity contribution is 0.105. The minimum atomic E-state index is -0.829. The fourth-order valence-electron chi connectivity index (χ4n) is 0.967. The zero-order valence-electron chi connectivity index (χ0n) is 8.66. The van der Waals surface area contributed by atoms with Gasteiger partial charge in [0.25, 0.3) is 0 Å². The molecule has 0 spiro atoms. The topological polar surface area (TPSA) is 78.3 Å². The van der Waals surface area contributed by atoms with Gasteiger partial charge in [-0.2, -0.15) is 0 Å². The molecule has 0 radical (unpaired) electrons. The number of aromatic nitrogens is 2. The summed E-state index contributed by atoms with van der Waals surface area (Å²) in [5.41, 5.74) is 1.55. The van der Waals surface area contributed by atoms with Crippen molar-refractivity contribution in [3.05, 3.63) is 16.5 Å². The predicted molar refractivity (Wildman–Crippen MR) is 58.1 cm³/mol. The summed E-state index contributed by atoms with van der Waals surface area (Å²) in [6.07, 6.45) is -0.829. The minimum absolute atomic E-state index is 0.188. The van der Waals surface area contributed by atoms with Crippen LogP contribution in [0.3, 0.4) is 0 Å². The van der Waals surface area contributed by atoms with Gasteiger partial charge in [0.2, 0.25) is 0 Å². The van der Waals surface area contributed by atoms with E-state index in [1.807, 2.05) is 13.8 Å². The molecule has 0 fully saturated rings. The lowest BCUT2D eigenvalue weighted by Crippen LogP contribution is -2.23. The number of aliphatic hydroxyl groups is 2. The maximum Gasteiger partial charge on any atom is 0.171 e. The average molecular weight is 232 g/mol. The van der Waals surface area contributed by atoms with Crippen LogP contribution in [-0.4, -0.2) is 39.4 Å². The zero-order chi connectivity index (χ0) is 11.4. The maximum absolute atomic E-state index is 9.13. The van der Waals surface area contributed by atoms with E-state index in [-0.39, 0.29) is 18.3 Å². The number of nitrogens with zero attached hydrogens (tertiary/aromatic N) is 2. The van der Waals surface area contributed by atoms with E-state index >= 15 is 0 Å². The van der Waals surface area contributed by atoms with Crippen molar-refractivity contribution in [3.8, 4) is 0 Å². The Balaban J connectivity index is 2.73. The van der Waals surface area contributed by atoms with Gasteiger partial charge in [-0.15, -0.1) is 0 Å². The van der Waals surface area contributed by atoms with E-state index < -0.39 is 6.10 Å². The lowest BCUT2D eigenvalue weighted by atomic mass is 10.3. The molecule has 3 N–H and O–H groups in total. The Bertz CT molecular complexity index is 346. The highest BCUT2D eigenvalue weighted by atomic mass is 35.5. The van der Waals surface area contributed by atoms with Crippen molar-refractivity contribution in [2.45, 2.75) is 20.0 Å². The molecule has 0 aliphatic rings. The smallest absolute Gasteiger partial charge is 0.171 e. The predicted octanol–water partition coefficient (Wildman–Crippen LogP) is 0.512. The van der Waals surface area contributed by atoms with Gasteiger partial charge in [-0.25, -0.2) is 9.97 Å². The van der Waals surface area contributed by atoms with Gasteiger partial charge < -0.3 is 15.5 Å². The molecule has 0 bridgehead atoms. The molecule has 15 heavy (non-hydrogen) atoms. The van der Waals surface area contributed by atoms with Crippen LogP contribution in [0.5, 0.6) is 0 Å². The van der Waals surface area contributed by atoms with Gasteiger partial charge in [0.15, 0.2) is 11.0 Å². The summed E-state index contributed by atoms with van der Waals surface area (Å²) in [6, 6.07) is 0. The standard InChI is InChI=1S/C9H14ClN3O2/c1-5-6(2)13-9(8(10)12-5)11-3-7(15)4-14/h7,14-15H,3-4H2,1-2H3,(H,11,13). The number of halogens is 1. The Labute approximate surface area is 93.1 Å². The van der Waals surface area contributed by atoms with Crippen LogP contribution in [0.2, 0.25) is 5.15 Å². The van der Waals surface area contributed by atoms with Crippen LogP contribution in [0.25, 0.3) is 0 Å². The molecule has 5 nitrogen and oxygen atoms in total. The number of anilines is 1. The first-order valence-corrected chi connectivity index (χ1v) is 4.96. The highest BCUT2D eigenvalue weighted by Gasteiger charge is 2.08. The summed E-state index contributed by atoms with van der Waals surface area (Å²) in [7, 11) is 0. The van der Waals surface area contributed by atoms with E-state index in [1.165, 1.54) is 0 Å². The van der Waals surface area contributed by atoms with Crippen molar-refractivity contribution >= 4 is 17.4 Å². The zero-order valence-corrected chi connectivity index (χ0v) is 9.41. The minimum Gasteiger partial charge on any atom is -0.394 e. The fraction of sp³-hybridized carbons (Fsp3) is 0.556. The first-order chi connectivity index (χ1) is 7.04. The van der Waals surface area contributed by atoms with Crippen molar-refractivity contribution in [2.24, 2.45) is 0 Å².